The highest BCUT2D eigenvalue weighted by molar-refractivity contribution is 6.08. The number of allylic oxidation sites excluding steroid dienone is 1. The molecule has 1 N–H and O–H groups in total. The van der Waals surface area contributed by atoms with Crippen LogP contribution in [0.1, 0.15) is 24.2 Å². The van der Waals surface area contributed by atoms with Crippen LogP contribution in [0.5, 0.6) is 0 Å². The normalized spacial score (nSPS) is 11.6. The lowest BCUT2D eigenvalue weighted by Gasteiger charge is -2.05. The van der Waals surface area contributed by atoms with Gasteiger partial charge in [0.2, 0.25) is 0 Å². The molecule has 0 radical (unpaired) electrons. The first kappa shape index (κ1) is 12.2. The molecule has 0 saturated carbocycles. The molecule has 1 aromatic carbocycles. The molecule has 16 heavy (non-hydrogen) atoms. The number of hydrogen-bond donors (Lipinski definition) is 1. The molecular formula is C13H14O3. The number of carboxylic acid groups (broad SMARTS) is 1. The molecule has 0 bridgehead atoms. The molecular weight excluding hydrogens is 204 g/mol. The van der Waals surface area contributed by atoms with Crippen LogP contribution in [0.2, 0.25) is 0 Å². The quantitative estimate of drug-likeness (QED) is 0.624. The summed E-state index contributed by atoms with van der Waals surface area (Å²) in [5, 5.41) is 8.92. The number of hydrogen-bond acceptors (Lipinski definition) is 2. The van der Waals surface area contributed by atoms with E-state index in [2.05, 4.69) is 0 Å². The van der Waals surface area contributed by atoms with E-state index in [1.165, 1.54) is 6.08 Å². The Kier molecular flexibility index (Phi) is 4.00. The lowest BCUT2D eigenvalue weighted by atomic mass is 10.00. The fourth-order valence-corrected chi connectivity index (χ4v) is 1.30. The SMILES string of the molecule is CC(C)/C(=C\C(=O)c1ccccc1)C(=O)O. The van der Waals surface area contributed by atoms with Crippen molar-refractivity contribution in [3.05, 3.63) is 47.5 Å². The van der Waals surface area contributed by atoms with Crippen molar-refractivity contribution in [3.63, 3.8) is 0 Å². The molecule has 0 fully saturated rings. The second-order valence-electron chi connectivity index (χ2n) is 3.79. The summed E-state index contributed by atoms with van der Waals surface area (Å²) in [5.74, 6) is -1.49. The van der Waals surface area contributed by atoms with Crippen molar-refractivity contribution in [1.82, 2.24) is 0 Å². The van der Waals surface area contributed by atoms with Gasteiger partial charge in [0.15, 0.2) is 5.78 Å². The Morgan fingerprint density at radius 1 is 1.19 bits per heavy atom. The Morgan fingerprint density at radius 2 is 1.75 bits per heavy atom. The summed E-state index contributed by atoms with van der Waals surface area (Å²) >= 11 is 0. The van der Waals surface area contributed by atoms with Gasteiger partial charge in [-0.05, 0) is 12.0 Å². The number of carbonyl (C=O) groups excluding carboxylic acids is 1. The van der Waals surface area contributed by atoms with Crippen LogP contribution < -0.4 is 0 Å². The van der Waals surface area contributed by atoms with E-state index in [4.69, 9.17) is 5.11 Å². The molecule has 0 amide bonds. The van der Waals surface area contributed by atoms with Crippen molar-refractivity contribution in [1.29, 1.82) is 0 Å². The highest BCUT2D eigenvalue weighted by Gasteiger charge is 2.14. The first-order chi connectivity index (χ1) is 7.52. The van der Waals surface area contributed by atoms with Crippen molar-refractivity contribution >= 4 is 11.8 Å². The molecule has 0 aliphatic heterocycles. The maximum atomic E-state index is 11.7. The zero-order valence-electron chi connectivity index (χ0n) is 9.31. The Morgan fingerprint density at radius 3 is 2.19 bits per heavy atom. The van der Waals surface area contributed by atoms with E-state index < -0.39 is 5.97 Å². The molecule has 0 spiro atoms. The van der Waals surface area contributed by atoms with Gasteiger partial charge < -0.3 is 5.11 Å². The van der Waals surface area contributed by atoms with Crippen LogP contribution in [0.15, 0.2) is 42.0 Å². The Balaban J connectivity index is 2.99. The van der Waals surface area contributed by atoms with Gasteiger partial charge in [-0.3, -0.25) is 4.79 Å². The van der Waals surface area contributed by atoms with Gasteiger partial charge in [-0.2, -0.15) is 0 Å². The number of carbonyl (C=O) groups is 2. The van der Waals surface area contributed by atoms with Crippen molar-refractivity contribution in [2.45, 2.75) is 13.8 Å². The van der Waals surface area contributed by atoms with Gasteiger partial charge >= 0.3 is 5.97 Å². The van der Waals surface area contributed by atoms with Crippen LogP contribution in [-0.4, -0.2) is 16.9 Å². The largest absolute Gasteiger partial charge is 0.478 e. The number of benzene rings is 1. The molecule has 1 rings (SSSR count). The topological polar surface area (TPSA) is 54.4 Å². The van der Waals surface area contributed by atoms with Crippen LogP contribution in [-0.2, 0) is 4.79 Å². The minimum absolute atomic E-state index is 0.133. The van der Waals surface area contributed by atoms with Gasteiger partial charge in [-0.25, -0.2) is 4.79 Å². The lowest BCUT2D eigenvalue weighted by molar-refractivity contribution is -0.133. The Bertz CT molecular complexity index is 416. The summed E-state index contributed by atoms with van der Waals surface area (Å²) in [6, 6.07) is 8.63. The predicted octanol–water partition coefficient (Wildman–Crippen LogP) is 2.54. The molecule has 0 aliphatic rings. The van der Waals surface area contributed by atoms with Crippen LogP contribution in [0.4, 0.5) is 0 Å². The van der Waals surface area contributed by atoms with Gasteiger partial charge in [-0.1, -0.05) is 44.2 Å². The van der Waals surface area contributed by atoms with E-state index in [1.54, 1.807) is 44.2 Å². The maximum absolute atomic E-state index is 11.7. The van der Waals surface area contributed by atoms with Crippen LogP contribution in [0, 0.1) is 5.92 Å². The lowest BCUT2D eigenvalue weighted by Crippen LogP contribution is -2.09. The summed E-state index contributed by atoms with van der Waals surface area (Å²) in [6.07, 6.45) is 1.20. The Hall–Kier alpha value is -1.90. The third-order valence-corrected chi connectivity index (χ3v) is 2.21. The third kappa shape index (κ3) is 3.05. The van der Waals surface area contributed by atoms with E-state index in [0.29, 0.717) is 5.56 Å². The molecule has 3 heteroatoms. The molecule has 0 aromatic heterocycles. The zero-order chi connectivity index (χ0) is 12.1. The maximum Gasteiger partial charge on any atom is 0.331 e. The fraction of sp³-hybridized carbons (Fsp3) is 0.231. The first-order valence-corrected chi connectivity index (χ1v) is 5.06. The van der Waals surface area contributed by atoms with Crippen LogP contribution in [0.3, 0.4) is 0 Å². The molecule has 0 unspecified atom stereocenters. The van der Waals surface area contributed by atoms with E-state index >= 15 is 0 Å². The van der Waals surface area contributed by atoms with E-state index in [-0.39, 0.29) is 17.3 Å². The van der Waals surface area contributed by atoms with E-state index in [0.717, 1.165) is 0 Å². The zero-order valence-corrected chi connectivity index (χ0v) is 9.31. The number of carboxylic acids is 1. The van der Waals surface area contributed by atoms with Gasteiger partial charge in [0.1, 0.15) is 0 Å². The van der Waals surface area contributed by atoms with Crippen molar-refractivity contribution < 1.29 is 14.7 Å². The molecule has 1 aromatic rings. The highest BCUT2D eigenvalue weighted by atomic mass is 16.4. The molecule has 0 saturated heterocycles. The molecule has 0 heterocycles. The highest BCUT2D eigenvalue weighted by Crippen LogP contribution is 2.11. The summed E-state index contributed by atoms with van der Waals surface area (Å²) in [6.45, 7) is 3.50. The predicted molar refractivity (Wildman–Crippen MR) is 61.3 cm³/mol. The fourth-order valence-electron chi connectivity index (χ4n) is 1.30. The van der Waals surface area contributed by atoms with Gasteiger partial charge in [0, 0.05) is 11.1 Å². The van der Waals surface area contributed by atoms with Gasteiger partial charge in [0.05, 0.1) is 0 Å². The van der Waals surface area contributed by atoms with Crippen molar-refractivity contribution in [3.8, 4) is 0 Å². The summed E-state index contributed by atoms with van der Waals surface area (Å²) in [4.78, 5) is 22.6. The summed E-state index contributed by atoms with van der Waals surface area (Å²) in [7, 11) is 0. The van der Waals surface area contributed by atoms with E-state index in [9.17, 15) is 9.59 Å². The second-order valence-corrected chi connectivity index (χ2v) is 3.79. The average molecular weight is 218 g/mol. The number of rotatable bonds is 4. The molecule has 0 aliphatic carbocycles. The number of aliphatic carboxylic acids is 1. The molecule has 3 nitrogen and oxygen atoms in total. The molecule has 0 atom stereocenters. The first-order valence-electron chi connectivity index (χ1n) is 5.06. The van der Waals surface area contributed by atoms with Crippen molar-refractivity contribution in [2.75, 3.05) is 0 Å². The van der Waals surface area contributed by atoms with Gasteiger partial charge in [0.25, 0.3) is 0 Å². The van der Waals surface area contributed by atoms with Gasteiger partial charge in [-0.15, -0.1) is 0 Å². The third-order valence-electron chi connectivity index (χ3n) is 2.21. The average Bonchev–Trinajstić information content (AvgIpc) is 2.25. The smallest absolute Gasteiger partial charge is 0.331 e. The summed E-state index contributed by atoms with van der Waals surface area (Å²) < 4.78 is 0. The van der Waals surface area contributed by atoms with Crippen LogP contribution in [0.25, 0.3) is 0 Å². The van der Waals surface area contributed by atoms with Crippen LogP contribution >= 0.6 is 0 Å². The minimum atomic E-state index is -1.04. The minimum Gasteiger partial charge on any atom is -0.478 e. The van der Waals surface area contributed by atoms with Crippen molar-refractivity contribution in [2.24, 2.45) is 5.92 Å². The van der Waals surface area contributed by atoms with E-state index in [1.807, 2.05) is 0 Å². The second kappa shape index (κ2) is 5.26. The monoisotopic (exact) mass is 218 g/mol. The number of ketones is 1. The molecule has 84 valence electrons. The Labute approximate surface area is 94.4 Å². The summed E-state index contributed by atoms with van der Waals surface area (Å²) in [5.41, 5.74) is 0.635. The standard InChI is InChI=1S/C13H14O3/c1-9(2)11(13(15)16)8-12(14)10-6-4-3-5-7-10/h3-9H,1-2H3,(H,15,16)/b11-8+.